The molecule has 1 heterocycles. The summed E-state index contributed by atoms with van der Waals surface area (Å²) in [6.07, 6.45) is 3.34. The molecule has 1 aliphatic rings. The van der Waals surface area contributed by atoms with Crippen LogP contribution in [-0.2, 0) is 17.2 Å². The van der Waals surface area contributed by atoms with Crippen molar-refractivity contribution in [3.63, 3.8) is 0 Å². The molecule has 0 bridgehead atoms. The van der Waals surface area contributed by atoms with E-state index in [0.717, 1.165) is 34.3 Å². The van der Waals surface area contributed by atoms with Gasteiger partial charge >= 0.3 is 0 Å². The number of aromatic nitrogens is 1. The SMILES string of the molecule is CS(=O)c1ccc2[nH]c3c(c2c1)CC(N)CC3N. The van der Waals surface area contributed by atoms with Crippen molar-refractivity contribution in [3.05, 3.63) is 29.5 Å². The van der Waals surface area contributed by atoms with Crippen molar-refractivity contribution < 1.29 is 4.21 Å². The van der Waals surface area contributed by atoms with Crippen molar-refractivity contribution in [3.8, 4) is 0 Å². The van der Waals surface area contributed by atoms with Gasteiger partial charge in [-0.3, -0.25) is 4.21 Å². The Morgan fingerprint density at radius 3 is 2.89 bits per heavy atom. The first kappa shape index (κ1) is 11.9. The topological polar surface area (TPSA) is 84.9 Å². The van der Waals surface area contributed by atoms with E-state index in [1.807, 2.05) is 18.2 Å². The van der Waals surface area contributed by atoms with Crippen LogP contribution in [0, 0.1) is 0 Å². The summed E-state index contributed by atoms with van der Waals surface area (Å²) in [4.78, 5) is 4.22. The van der Waals surface area contributed by atoms with Crippen LogP contribution in [0.25, 0.3) is 10.9 Å². The van der Waals surface area contributed by atoms with Crippen LogP contribution in [0.15, 0.2) is 23.1 Å². The molecule has 5 N–H and O–H groups in total. The second-order valence-corrected chi connectivity index (χ2v) is 6.36. The summed E-state index contributed by atoms with van der Waals surface area (Å²) in [7, 11) is -0.964. The Kier molecular flexibility index (Phi) is 2.77. The molecule has 3 atom stereocenters. The van der Waals surface area contributed by atoms with Gasteiger partial charge < -0.3 is 16.5 Å². The lowest BCUT2D eigenvalue weighted by Gasteiger charge is -2.24. The van der Waals surface area contributed by atoms with Gasteiger partial charge in [-0.1, -0.05) is 0 Å². The molecule has 0 radical (unpaired) electrons. The van der Waals surface area contributed by atoms with Gasteiger partial charge in [0.25, 0.3) is 0 Å². The predicted molar refractivity (Wildman–Crippen MR) is 73.9 cm³/mol. The molecule has 0 fully saturated rings. The molecule has 2 aromatic rings. The van der Waals surface area contributed by atoms with Crippen LogP contribution >= 0.6 is 0 Å². The van der Waals surface area contributed by atoms with Crippen molar-refractivity contribution in [1.29, 1.82) is 0 Å². The Morgan fingerprint density at radius 2 is 2.17 bits per heavy atom. The molecule has 3 rings (SSSR count). The molecule has 18 heavy (non-hydrogen) atoms. The third kappa shape index (κ3) is 1.79. The number of nitrogens with one attached hydrogen (secondary N) is 1. The molecule has 4 nitrogen and oxygen atoms in total. The zero-order valence-electron chi connectivity index (χ0n) is 10.3. The van der Waals surface area contributed by atoms with E-state index in [9.17, 15) is 4.21 Å². The fourth-order valence-electron chi connectivity index (χ4n) is 2.75. The van der Waals surface area contributed by atoms with E-state index in [4.69, 9.17) is 11.5 Å². The van der Waals surface area contributed by atoms with Gasteiger partial charge in [0.1, 0.15) is 0 Å². The number of benzene rings is 1. The minimum atomic E-state index is -0.964. The van der Waals surface area contributed by atoms with Crippen LogP contribution < -0.4 is 11.5 Å². The summed E-state index contributed by atoms with van der Waals surface area (Å²) in [6.45, 7) is 0. The van der Waals surface area contributed by atoms with E-state index in [1.165, 1.54) is 5.56 Å². The molecule has 0 amide bonds. The summed E-state index contributed by atoms with van der Waals surface area (Å²) in [5.74, 6) is 0. The highest BCUT2D eigenvalue weighted by molar-refractivity contribution is 7.84. The smallest absolute Gasteiger partial charge is 0.0498 e. The summed E-state index contributed by atoms with van der Waals surface area (Å²) >= 11 is 0. The van der Waals surface area contributed by atoms with Crippen molar-refractivity contribution in [2.24, 2.45) is 11.5 Å². The highest BCUT2D eigenvalue weighted by Crippen LogP contribution is 2.33. The third-order valence-electron chi connectivity index (χ3n) is 3.64. The first-order valence-corrected chi connectivity index (χ1v) is 7.61. The molecule has 0 saturated carbocycles. The molecular formula is C13H17N3OS. The summed E-state index contributed by atoms with van der Waals surface area (Å²) in [5.41, 5.74) is 15.5. The number of rotatable bonds is 1. The Bertz CT molecular complexity index is 634. The van der Waals surface area contributed by atoms with Crippen molar-refractivity contribution in [2.45, 2.75) is 29.8 Å². The maximum Gasteiger partial charge on any atom is 0.0498 e. The van der Waals surface area contributed by atoms with E-state index in [-0.39, 0.29) is 12.1 Å². The van der Waals surface area contributed by atoms with Crippen LogP contribution in [0.5, 0.6) is 0 Å². The monoisotopic (exact) mass is 263 g/mol. The van der Waals surface area contributed by atoms with E-state index in [2.05, 4.69) is 4.98 Å². The quantitative estimate of drug-likeness (QED) is 0.722. The second-order valence-electron chi connectivity index (χ2n) is 4.99. The Labute approximate surface area is 108 Å². The number of hydrogen-bond acceptors (Lipinski definition) is 3. The Morgan fingerprint density at radius 1 is 1.39 bits per heavy atom. The molecule has 0 saturated heterocycles. The van der Waals surface area contributed by atoms with E-state index >= 15 is 0 Å². The van der Waals surface area contributed by atoms with E-state index in [0.29, 0.717) is 0 Å². The van der Waals surface area contributed by atoms with Crippen LogP contribution in [-0.4, -0.2) is 21.5 Å². The van der Waals surface area contributed by atoms with Gasteiger partial charge in [0.2, 0.25) is 0 Å². The number of hydrogen-bond donors (Lipinski definition) is 3. The van der Waals surface area contributed by atoms with Gasteiger partial charge in [-0.2, -0.15) is 0 Å². The fraction of sp³-hybridized carbons (Fsp3) is 0.385. The van der Waals surface area contributed by atoms with Gasteiger partial charge in [0, 0.05) is 50.6 Å². The Hall–Kier alpha value is -1.17. The first-order valence-electron chi connectivity index (χ1n) is 6.05. The Balaban J connectivity index is 2.23. The third-order valence-corrected chi connectivity index (χ3v) is 4.55. The van der Waals surface area contributed by atoms with Gasteiger partial charge in [0.05, 0.1) is 0 Å². The largest absolute Gasteiger partial charge is 0.357 e. The van der Waals surface area contributed by atoms with Gasteiger partial charge in [-0.15, -0.1) is 0 Å². The minimum Gasteiger partial charge on any atom is -0.357 e. The predicted octanol–water partition coefficient (Wildman–Crippen LogP) is 1.18. The van der Waals surface area contributed by atoms with Crippen molar-refractivity contribution in [2.75, 3.05) is 6.26 Å². The normalized spacial score (nSPS) is 25.1. The highest BCUT2D eigenvalue weighted by atomic mass is 32.2. The van der Waals surface area contributed by atoms with Crippen molar-refractivity contribution >= 4 is 21.7 Å². The number of aromatic amines is 1. The average Bonchev–Trinajstić information content (AvgIpc) is 2.67. The van der Waals surface area contributed by atoms with Crippen LogP contribution in [0.2, 0.25) is 0 Å². The summed E-state index contributed by atoms with van der Waals surface area (Å²) in [6, 6.07) is 5.95. The average molecular weight is 263 g/mol. The molecule has 1 aromatic carbocycles. The maximum absolute atomic E-state index is 11.6. The maximum atomic E-state index is 11.6. The first-order chi connectivity index (χ1) is 8.56. The molecule has 1 aromatic heterocycles. The molecular weight excluding hydrogens is 246 g/mol. The van der Waals surface area contributed by atoms with Gasteiger partial charge in [-0.25, -0.2) is 0 Å². The number of nitrogens with two attached hydrogens (primary N) is 2. The molecule has 96 valence electrons. The van der Waals surface area contributed by atoms with E-state index in [1.54, 1.807) is 6.26 Å². The standard InChI is InChI=1S/C13H17N3OS/c1-18(17)8-2-3-12-9(6-8)10-4-7(14)5-11(15)13(10)16-12/h2-3,6-7,11,16H,4-5,14-15H2,1H3. The van der Waals surface area contributed by atoms with Crippen LogP contribution in [0.1, 0.15) is 23.7 Å². The second kappa shape index (κ2) is 4.19. The summed E-state index contributed by atoms with van der Waals surface area (Å²) in [5, 5.41) is 1.11. The fourth-order valence-corrected chi connectivity index (χ4v) is 3.30. The number of fused-ring (bicyclic) bond motifs is 3. The molecule has 0 aliphatic heterocycles. The highest BCUT2D eigenvalue weighted by Gasteiger charge is 2.26. The van der Waals surface area contributed by atoms with Crippen molar-refractivity contribution in [1.82, 2.24) is 4.98 Å². The minimum absolute atomic E-state index is 0.0216. The van der Waals surface area contributed by atoms with E-state index < -0.39 is 10.8 Å². The molecule has 1 aliphatic carbocycles. The zero-order valence-corrected chi connectivity index (χ0v) is 11.1. The zero-order chi connectivity index (χ0) is 12.9. The number of H-pyrrole nitrogens is 1. The van der Waals surface area contributed by atoms with Crippen LogP contribution in [0.3, 0.4) is 0 Å². The lowest BCUT2D eigenvalue weighted by molar-refractivity contribution is 0.494. The van der Waals surface area contributed by atoms with Gasteiger partial charge in [-0.05, 0) is 36.6 Å². The summed E-state index contributed by atoms with van der Waals surface area (Å²) < 4.78 is 11.6. The lowest BCUT2D eigenvalue weighted by atomic mass is 9.89. The molecule has 5 heteroatoms. The lowest BCUT2D eigenvalue weighted by Crippen LogP contribution is -2.33. The molecule has 3 unspecified atom stereocenters. The molecule has 0 spiro atoms. The van der Waals surface area contributed by atoms with Crippen LogP contribution in [0.4, 0.5) is 0 Å². The van der Waals surface area contributed by atoms with Gasteiger partial charge in [0.15, 0.2) is 0 Å².